The number of amides is 1. The molecule has 1 rings (SSSR count). The number of hydrogen-bond acceptors (Lipinski definition) is 3. The van der Waals surface area contributed by atoms with Gasteiger partial charge in [0.05, 0.1) is 5.75 Å². The molecule has 1 amide bonds. The molecule has 2 N–H and O–H groups in total. The second-order valence-corrected chi connectivity index (χ2v) is 4.53. The summed E-state index contributed by atoms with van der Waals surface area (Å²) >= 11 is 1.64. The molecule has 0 radical (unpaired) electrons. The lowest BCUT2D eigenvalue weighted by molar-refractivity contribution is -0.115. The van der Waals surface area contributed by atoms with Gasteiger partial charge >= 0.3 is 0 Å². The summed E-state index contributed by atoms with van der Waals surface area (Å²) in [5.74, 6) is 1.29. The lowest BCUT2D eigenvalue weighted by atomic mass is 10.1. The van der Waals surface area contributed by atoms with E-state index in [1.807, 2.05) is 0 Å². The molecule has 0 bridgehead atoms. The summed E-state index contributed by atoms with van der Waals surface area (Å²) in [6, 6.07) is 0. The van der Waals surface area contributed by atoms with Crippen LogP contribution in [-0.4, -0.2) is 41.9 Å². The molecule has 4 heteroatoms. The number of thioether (sulfide) groups is 1. The number of rotatable bonds is 5. The molecule has 13 heavy (non-hydrogen) atoms. The second-order valence-electron chi connectivity index (χ2n) is 3.42. The molecule has 0 unspecified atom stereocenters. The minimum Gasteiger partial charge on any atom is -0.369 e. The largest absolute Gasteiger partial charge is 0.369 e. The van der Waals surface area contributed by atoms with Crippen molar-refractivity contribution in [1.29, 1.82) is 0 Å². The Morgan fingerprint density at radius 1 is 1.31 bits per heavy atom. The average molecular weight is 202 g/mol. The molecule has 0 atom stereocenters. The number of piperidine rings is 1. The lowest BCUT2D eigenvalue weighted by Gasteiger charge is -2.25. The van der Waals surface area contributed by atoms with Crippen LogP contribution in [0.1, 0.15) is 19.3 Å². The minimum absolute atomic E-state index is 0.205. The number of likely N-dealkylation sites (tertiary alicyclic amines) is 1. The predicted molar refractivity (Wildman–Crippen MR) is 56.8 cm³/mol. The first-order valence-corrected chi connectivity index (χ1v) is 6.03. The summed E-state index contributed by atoms with van der Waals surface area (Å²) in [4.78, 5) is 12.9. The fourth-order valence-electron chi connectivity index (χ4n) is 1.55. The van der Waals surface area contributed by atoms with Gasteiger partial charge in [-0.15, -0.1) is 0 Å². The van der Waals surface area contributed by atoms with Gasteiger partial charge in [-0.05, 0) is 25.9 Å². The quantitative estimate of drug-likeness (QED) is 0.667. The van der Waals surface area contributed by atoms with Crippen LogP contribution in [-0.2, 0) is 4.79 Å². The molecular weight excluding hydrogens is 184 g/mol. The molecule has 1 heterocycles. The standard InChI is InChI=1S/C9H18N2OS/c10-9(12)8-13-7-6-11-4-2-1-3-5-11/h1-8H2,(H2,10,12). The molecule has 1 aliphatic rings. The Bertz CT molecular complexity index is 158. The number of hydrogen-bond donors (Lipinski definition) is 1. The van der Waals surface area contributed by atoms with Crippen molar-refractivity contribution in [1.82, 2.24) is 4.90 Å². The molecule has 76 valence electrons. The Balaban J connectivity index is 1.95. The molecule has 0 spiro atoms. The SMILES string of the molecule is NC(=O)CSCCN1CCCCC1. The Hall–Kier alpha value is -0.220. The van der Waals surface area contributed by atoms with Gasteiger partial charge in [-0.1, -0.05) is 6.42 Å². The zero-order valence-electron chi connectivity index (χ0n) is 8.00. The third-order valence-electron chi connectivity index (χ3n) is 2.24. The van der Waals surface area contributed by atoms with Gasteiger partial charge in [0, 0.05) is 12.3 Å². The van der Waals surface area contributed by atoms with Crippen molar-refractivity contribution in [3.63, 3.8) is 0 Å². The van der Waals surface area contributed by atoms with E-state index in [1.165, 1.54) is 32.4 Å². The molecule has 3 nitrogen and oxygen atoms in total. The summed E-state index contributed by atoms with van der Waals surface area (Å²) in [6.07, 6.45) is 4.05. The van der Waals surface area contributed by atoms with Crippen molar-refractivity contribution in [3.8, 4) is 0 Å². The molecular formula is C9H18N2OS. The Morgan fingerprint density at radius 2 is 2.00 bits per heavy atom. The summed E-state index contributed by atoms with van der Waals surface area (Å²) in [5, 5.41) is 0. The number of nitrogens with zero attached hydrogens (tertiary/aromatic N) is 1. The fraction of sp³-hybridized carbons (Fsp3) is 0.889. The first-order chi connectivity index (χ1) is 6.29. The monoisotopic (exact) mass is 202 g/mol. The van der Waals surface area contributed by atoms with E-state index in [2.05, 4.69) is 4.90 Å². The fourth-order valence-corrected chi connectivity index (χ4v) is 2.28. The highest BCUT2D eigenvalue weighted by molar-refractivity contribution is 7.99. The molecule has 0 saturated carbocycles. The van der Waals surface area contributed by atoms with Gasteiger partial charge in [-0.3, -0.25) is 4.79 Å². The highest BCUT2D eigenvalue weighted by atomic mass is 32.2. The zero-order chi connectivity index (χ0) is 9.52. The van der Waals surface area contributed by atoms with Crippen LogP contribution in [0, 0.1) is 0 Å². The van der Waals surface area contributed by atoms with Crippen molar-refractivity contribution >= 4 is 17.7 Å². The van der Waals surface area contributed by atoms with Crippen molar-refractivity contribution in [2.75, 3.05) is 31.1 Å². The summed E-state index contributed by atoms with van der Waals surface area (Å²) in [6.45, 7) is 3.58. The predicted octanol–water partition coefficient (Wildman–Crippen LogP) is 0.691. The van der Waals surface area contributed by atoms with Gasteiger partial charge in [0.15, 0.2) is 0 Å². The van der Waals surface area contributed by atoms with Crippen LogP contribution in [0.15, 0.2) is 0 Å². The Labute approximate surface area is 84.0 Å². The van der Waals surface area contributed by atoms with E-state index in [4.69, 9.17) is 5.73 Å². The summed E-state index contributed by atoms with van der Waals surface area (Å²) in [5.41, 5.74) is 5.04. The van der Waals surface area contributed by atoms with E-state index in [9.17, 15) is 4.79 Å². The van der Waals surface area contributed by atoms with E-state index in [0.717, 1.165) is 12.3 Å². The first kappa shape index (κ1) is 10.9. The van der Waals surface area contributed by atoms with Crippen LogP contribution in [0.25, 0.3) is 0 Å². The van der Waals surface area contributed by atoms with Crippen molar-refractivity contribution in [2.45, 2.75) is 19.3 Å². The number of primary amides is 1. The van der Waals surface area contributed by atoms with Crippen molar-refractivity contribution < 1.29 is 4.79 Å². The molecule has 0 aromatic rings. The molecule has 1 saturated heterocycles. The topological polar surface area (TPSA) is 46.3 Å². The van der Waals surface area contributed by atoms with Crippen LogP contribution in [0.4, 0.5) is 0 Å². The van der Waals surface area contributed by atoms with E-state index in [0.29, 0.717) is 5.75 Å². The van der Waals surface area contributed by atoms with Crippen LogP contribution in [0.2, 0.25) is 0 Å². The van der Waals surface area contributed by atoms with Gasteiger partial charge < -0.3 is 10.6 Å². The maximum atomic E-state index is 10.4. The third kappa shape index (κ3) is 5.16. The molecule has 0 aromatic heterocycles. The van der Waals surface area contributed by atoms with Gasteiger partial charge in [0.25, 0.3) is 0 Å². The van der Waals surface area contributed by atoms with E-state index in [-0.39, 0.29) is 5.91 Å². The number of carbonyl (C=O) groups is 1. The third-order valence-corrected chi connectivity index (χ3v) is 3.20. The Morgan fingerprint density at radius 3 is 2.62 bits per heavy atom. The maximum absolute atomic E-state index is 10.4. The lowest BCUT2D eigenvalue weighted by Crippen LogP contribution is -2.31. The van der Waals surface area contributed by atoms with E-state index < -0.39 is 0 Å². The highest BCUT2D eigenvalue weighted by Gasteiger charge is 2.08. The van der Waals surface area contributed by atoms with Crippen LogP contribution < -0.4 is 5.73 Å². The van der Waals surface area contributed by atoms with Gasteiger partial charge in [-0.2, -0.15) is 11.8 Å². The van der Waals surface area contributed by atoms with Gasteiger partial charge in [0.1, 0.15) is 0 Å². The highest BCUT2D eigenvalue weighted by Crippen LogP contribution is 2.09. The molecule has 0 aromatic carbocycles. The Kier molecular flexibility index (Phi) is 5.23. The zero-order valence-corrected chi connectivity index (χ0v) is 8.81. The number of nitrogens with two attached hydrogens (primary N) is 1. The van der Waals surface area contributed by atoms with Crippen molar-refractivity contribution in [3.05, 3.63) is 0 Å². The van der Waals surface area contributed by atoms with E-state index in [1.54, 1.807) is 11.8 Å². The first-order valence-electron chi connectivity index (χ1n) is 4.87. The van der Waals surface area contributed by atoms with E-state index >= 15 is 0 Å². The minimum atomic E-state index is -0.205. The normalized spacial score (nSPS) is 18.8. The van der Waals surface area contributed by atoms with Crippen LogP contribution >= 0.6 is 11.8 Å². The van der Waals surface area contributed by atoms with Gasteiger partial charge in [-0.25, -0.2) is 0 Å². The van der Waals surface area contributed by atoms with Crippen LogP contribution in [0.3, 0.4) is 0 Å². The summed E-state index contributed by atoms with van der Waals surface area (Å²) < 4.78 is 0. The smallest absolute Gasteiger partial charge is 0.227 e. The molecule has 1 fully saturated rings. The molecule has 0 aliphatic carbocycles. The number of carbonyl (C=O) groups excluding carboxylic acids is 1. The van der Waals surface area contributed by atoms with Gasteiger partial charge in [0.2, 0.25) is 5.91 Å². The van der Waals surface area contributed by atoms with Crippen LogP contribution in [0.5, 0.6) is 0 Å². The average Bonchev–Trinajstić information content (AvgIpc) is 2.14. The summed E-state index contributed by atoms with van der Waals surface area (Å²) in [7, 11) is 0. The maximum Gasteiger partial charge on any atom is 0.227 e. The van der Waals surface area contributed by atoms with Crippen molar-refractivity contribution in [2.24, 2.45) is 5.73 Å². The second kappa shape index (κ2) is 6.27. The molecule has 1 aliphatic heterocycles.